The van der Waals surface area contributed by atoms with E-state index in [0.29, 0.717) is 0 Å². The van der Waals surface area contributed by atoms with E-state index in [9.17, 15) is 0 Å². The second-order valence-electron chi connectivity index (χ2n) is 15.7. The van der Waals surface area contributed by atoms with Crippen molar-refractivity contribution >= 4 is 72.4 Å². The summed E-state index contributed by atoms with van der Waals surface area (Å²) in [5, 5.41) is 8.14. The van der Waals surface area contributed by atoms with E-state index in [1.165, 1.54) is 102 Å². The van der Waals surface area contributed by atoms with Gasteiger partial charge >= 0.3 is 288 Å². The molecule has 0 bridgehead atoms. The molecule has 1 heterocycles. The fourth-order valence-electron chi connectivity index (χ4n) is 9.56. The van der Waals surface area contributed by atoms with Crippen LogP contribution in [0.15, 0.2) is 152 Å². The molecule has 0 radical (unpaired) electrons. The Hall–Kier alpha value is -5.40. The zero-order valence-electron chi connectivity index (χ0n) is 29.8. The fourth-order valence-corrected chi connectivity index (χ4v) is 12.2. The normalized spacial score (nSPS) is 14.8. The van der Waals surface area contributed by atoms with Crippen LogP contribution in [0.25, 0.3) is 63.1 Å². The first kappa shape index (κ1) is 30.2. The molecule has 0 saturated carbocycles. The van der Waals surface area contributed by atoms with Gasteiger partial charge in [0.25, 0.3) is 0 Å². The van der Waals surface area contributed by atoms with Crippen LogP contribution in [0.4, 0.5) is 17.1 Å². The molecule has 9 aromatic rings. The van der Waals surface area contributed by atoms with Crippen molar-refractivity contribution in [1.29, 1.82) is 0 Å². The van der Waals surface area contributed by atoms with Crippen molar-refractivity contribution in [2.75, 3.05) is 4.90 Å². The summed E-state index contributed by atoms with van der Waals surface area (Å²) in [6.45, 7) is 9.51. The Balaban J connectivity index is 1.17. The minimum absolute atomic E-state index is 0.0909. The average Bonchev–Trinajstić information content (AvgIpc) is 3.74. The van der Waals surface area contributed by atoms with Gasteiger partial charge < -0.3 is 0 Å². The third kappa shape index (κ3) is 4.05. The van der Waals surface area contributed by atoms with E-state index in [1.54, 1.807) is 0 Å². The summed E-state index contributed by atoms with van der Waals surface area (Å²) in [5.41, 5.74) is 14.3. The second-order valence-corrected chi connectivity index (χ2v) is 18.0. The molecule has 0 spiro atoms. The number of nitrogens with zero attached hydrogens (tertiary/aromatic N) is 1. The van der Waals surface area contributed by atoms with Gasteiger partial charge in [-0.25, -0.2) is 0 Å². The Morgan fingerprint density at radius 1 is 0.404 bits per heavy atom. The predicted molar refractivity (Wildman–Crippen MR) is 223 cm³/mol. The Bertz CT molecular complexity index is 2870. The first-order valence-corrected chi connectivity index (χ1v) is 20.1. The zero-order valence-corrected chi connectivity index (χ0v) is 31.5. The predicted octanol–water partition coefficient (Wildman–Crippen LogP) is 13.4. The maximum atomic E-state index is 2.51. The monoisotopic (exact) mass is 731 g/mol. The van der Waals surface area contributed by atoms with Crippen LogP contribution >= 0.6 is 0 Å². The number of anilines is 3. The van der Waals surface area contributed by atoms with Gasteiger partial charge in [-0.3, -0.25) is 0 Å². The summed E-state index contributed by atoms with van der Waals surface area (Å²) in [5.74, 6) is 0. The molecule has 0 aliphatic heterocycles. The number of hydrogen-bond donors (Lipinski definition) is 0. The summed E-state index contributed by atoms with van der Waals surface area (Å²) >= 11 is 0.260. The van der Waals surface area contributed by atoms with E-state index in [-0.39, 0.29) is 25.3 Å². The van der Waals surface area contributed by atoms with Crippen LogP contribution in [0.5, 0.6) is 0 Å². The van der Waals surface area contributed by atoms with Crippen molar-refractivity contribution in [3.63, 3.8) is 0 Å². The first-order chi connectivity index (χ1) is 25.3. The van der Waals surface area contributed by atoms with Gasteiger partial charge in [0.2, 0.25) is 0 Å². The van der Waals surface area contributed by atoms with E-state index in [4.69, 9.17) is 0 Å². The van der Waals surface area contributed by atoms with E-state index in [0.717, 1.165) is 0 Å². The molecule has 8 aromatic carbocycles. The van der Waals surface area contributed by atoms with Crippen LogP contribution in [0, 0.1) is 0 Å². The van der Waals surface area contributed by atoms with Gasteiger partial charge in [0, 0.05) is 0 Å². The molecule has 1 nitrogen and oxygen atoms in total. The third-order valence-electron chi connectivity index (χ3n) is 12.2. The van der Waals surface area contributed by atoms with Crippen LogP contribution in [0.3, 0.4) is 0 Å². The van der Waals surface area contributed by atoms with Crippen LogP contribution in [0.2, 0.25) is 0 Å². The zero-order chi connectivity index (χ0) is 34.9. The van der Waals surface area contributed by atoms with Crippen molar-refractivity contribution in [2.24, 2.45) is 0 Å². The molecule has 0 saturated heterocycles. The van der Waals surface area contributed by atoms with Crippen molar-refractivity contribution < 1.29 is 0 Å². The van der Waals surface area contributed by atoms with Crippen LogP contribution in [-0.4, -0.2) is 14.5 Å². The van der Waals surface area contributed by atoms with Gasteiger partial charge in [-0.2, -0.15) is 0 Å². The van der Waals surface area contributed by atoms with Gasteiger partial charge in [0.1, 0.15) is 0 Å². The van der Waals surface area contributed by atoms with Crippen molar-refractivity contribution in [1.82, 2.24) is 0 Å². The Morgan fingerprint density at radius 3 is 1.58 bits per heavy atom. The van der Waals surface area contributed by atoms with Gasteiger partial charge in [-0.15, -0.1) is 0 Å². The van der Waals surface area contributed by atoms with Gasteiger partial charge in [0.15, 0.2) is 0 Å². The molecule has 2 aliphatic carbocycles. The Morgan fingerprint density at radius 2 is 0.904 bits per heavy atom. The summed E-state index contributed by atoms with van der Waals surface area (Å²) in [4.78, 5) is 2.51. The number of hydrogen-bond acceptors (Lipinski definition) is 1. The molecular formula is C50H37NSe. The number of benzene rings is 8. The number of fused-ring (bicyclic) bond motifs is 13. The molecule has 248 valence electrons. The molecule has 0 unspecified atom stereocenters. The Labute approximate surface area is 310 Å². The molecule has 0 atom stereocenters. The molecule has 2 heteroatoms. The van der Waals surface area contributed by atoms with E-state index < -0.39 is 0 Å². The summed E-state index contributed by atoms with van der Waals surface area (Å²) in [6.07, 6.45) is 0. The molecule has 11 rings (SSSR count). The van der Waals surface area contributed by atoms with Crippen molar-refractivity contribution in [2.45, 2.75) is 38.5 Å². The summed E-state index contributed by atoms with van der Waals surface area (Å²) in [6, 6.07) is 57.7. The van der Waals surface area contributed by atoms with E-state index in [1.807, 2.05) is 0 Å². The first-order valence-electron chi connectivity index (χ1n) is 18.3. The second kappa shape index (κ2) is 10.6. The van der Waals surface area contributed by atoms with Crippen LogP contribution in [0.1, 0.15) is 49.9 Å². The third-order valence-corrected chi connectivity index (χ3v) is 14.8. The molecule has 1 aromatic heterocycles. The molecule has 0 fully saturated rings. The SMILES string of the molecule is CC1(C)c2ccccc2-c2ccc(N(c3ccc4c(c3)C(C)(C)c3ccccc3-4)c3ccc4ccc5ccc6c7ccccc7[se]c6c5c4c3)cc21. The van der Waals surface area contributed by atoms with Crippen molar-refractivity contribution in [3.05, 3.63) is 174 Å². The quantitative estimate of drug-likeness (QED) is 0.129. The number of rotatable bonds is 3. The van der Waals surface area contributed by atoms with Gasteiger partial charge in [0.05, 0.1) is 0 Å². The van der Waals surface area contributed by atoms with Gasteiger partial charge in [-0.05, 0) is 0 Å². The molecule has 2 aliphatic rings. The van der Waals surface area contributed by atoms with E-state index in [2.05, 4.69) is 184 Å². The molecule has 52 heavy (non-hydrogen) atoms. The van der Waals surface area contributed by atoms with Crippen LogP contribution < -0.4 is 4.90 Å². The Kier molecular flexibility index (Phi) is 6.15. The van der Waals surface area contributed by atoms with Gasteiger partial charge in [-0.1, -0.05) is 24.3 Å². The minimum atomic E-state index is -0.0909. The standard InChI is InChI=1S/C50H37NSe/c1-49(2)42-14-8-5-11-35(42)37-25-22-33(28-44(37)49)51(34-23-26-38-36-12-6-9-15-43(36)50(3,4)45(38)29-34)32-21-19-30-17-18-31-20-24-40-39-13-7-10-16-46(39)52-48(40)47(31)41(30)27-32/h5-29H,1-4H3. The molecule has 0 N–H and O–H groups in total. The summed E-state index contributed by atoms with van der Waals surface area (Å²) < 4.78 is 2.99. The van der Waals surface area contributed by atoms with Crippen molar-refractivity contribution in [3.8, 4) is 22.3 Å². The molecular weight excluding hydrogens is 694 g/mol. The van der Waals surface area contributed by atoms with E-state index >= 15 is 0 Å². The molecule has 0 amide bonds. The van der Waals surface area contributed by atoms with Crippen LogP contribution in [-0.2, 0) is 10.8 Å². The summed E-state index contributed by atoms with van der Waals surface area (Å²) in [7, 11) is 0. The average molecular weight is 731 g/mol. The fraction of sp³-hybridized carbons (Fsp3) is 0.120. The maximum absolute atomic E-state index is 2.51. The topological polar surface area (TPSA) is 3.24 Å².